The van der Waals surface area contributed by atoms with Gasteiger partial charge >= 0.3 is 0 Å². The van der Waals surface area contributed by atoms with E-state index in [0.29, 0.717) is 0 Å². The van der Waals surface area contributed by atoms with E-state index in [4.69, 9.17) is 4.12 Å². The first-order chi connectivity index (χ1) is 12.8. The molecule has 0 aliphatic carbocycles. The van der Waals surface area contributed by atoms with Crippen LogP contribution in [0, 0.1) is 0 Å². The first-order valence-corrected chi connectivity index (χ1v) is 18.8. The molecule has 0 unspecified atom stereocenters. The maximum Gasteiger partial charge on any atom is 0.173 e. The second kappa shape index (κ2) is 17.3. The van der Waals surface area contributed by atoms with Crippen molar-refractivity contribution < 1.29 is 4.12 Å². The van der Waals surface area contributed by atoms with Crippen LogP contribution in [0.5, 0.6) is 0 Å². The van der Waals surface area contributed by atoms with Gasteiger partial charge in [0.2, 0.25) is 0 Å². The zero-order valence-electron chi connectivity index (χ0n) is 20.1. The molecule has 0 bridgehead atoms. The summed E-state index contributed by atoms with van der Waals surface area (Å²) >= 11 is 0. The summed E-state index contributed by atoms with van der Waals surface area (Å²) in [5.41, 5.74) is 0. The van der Waals surface area contributed by atoms with E-state index in [1.54, 1.807) is 0 Å². The molecule has 0 atom stereocenters. The third kappa shape index (κ3) is 19.5. The third-order valence-corrected chi connectivity index (χ3v) is 13.4. The van der Waals surface area contributed by atoms with Crippen molar-refractivity contribution >= 4 is 16.6 Å². The highest BCUT2D eigenvalue weighted by atomic mass is 28.4. The fraction of sp³-hybridized carbons (Fsp3) is 1.00. The Balaban J connectivity index is 3.73. The van der Waals surface area contributed by atoms with Crippen molar-refractivity contribution in [3.05, 3.63) is 0 Å². The molecule has 0 aromatic heterocycles. The second-order valence-corrected chi connectivity index (χ2v) is 18.9. The van der Waals surface area contributed by atoms with E-state index in [1.165, 1.54) is 115 Å². The van der Waals surface area contributed by atoms with Crippen molar-refractivity contribution in [2.75, 3.05) is 0 Å². The van der Waals surface area contributed by atoms with Gasteiger partial charge < -0.3 is 4.12 Å². The monoisotopic (exact) mass is 414 g/mol. The summed E-state index contributed by atoms with van der Waals surface area (Å²) in [6, 6.07) is 2.74. The maximum atomic E-state index is 6.82. The minimum Gasteiger partial charge on any atom is -0.455 e. The summed E-state index contributed by atoms with van der Waals surface area (Å²) in [6.07, 6.45) is 22.8. The number of rotatable bonds is 20. The summed E-state index contributed by atoms with van der Waals surface area (Å²) in [5.74, 6) is 0. The Bertz CT molecular complexity index is 286. The highest BCUT2D eigenvalue weighted by Gasteiger charge is 2.32. The molecule has 0 amide bonds. The lowest BCUT2D eigenvalue weighted by Gasteiger charge is -2.34. The number of hydrogen-bond donors (Lipinski definition) is 0. The Morgan fingerprint density at radius 3 is 0.963 bits per heavy atom. The number of hydrogen-bond acceptors (Lipinski definition) is 1. The van der Waals surface area contributed by atoms with Crippen molar-refractivity contribution in [2.24, 2.45) is 0 Å². The van der Waals surface area contributed by atoms with Gasteiger partial charge in [-0.2, -0.15) is 0 Å². The summed E-state index contributed by atoms with van der Waals surface area (Å²) in [7, 11) is -2.90. The fourth-order valence-corrected chi connectivity index (χ4v) is 13.2. The lowest BCUT2D eigenvalue weighted by atomic mass is 10.1. The van der Waals surface area contributed by atoms with Crippen LogP contribution in [0.4, 0.5) is 0 Å². The van der Waals surface area contributed by atoms with Crippen molar-refractivity contribution in [3.8, 4) is 0 Å². The topological polar surface area (TPSA) is 9.23 Å². The summed E-state index contributed by atoms with van der Waals surface area (Å²) in [5, 5.41) is 0. The van der Waals surface area contributed by atoms with Crippen LogP contribution in [0.2, 0.25) is 38.3 Å². The average molecular weight is 415 g/mol. The quantitative estimate of drug-likeness (QED) is 0.142. The molecule has 164 valence electrons. The maximum absolute atomic E-state index is 6.82. The normalized spacial score (nSPS) is 12.7. The van der Waals surface area contributed by atoms with E-state index in [1.807, 2.05) is 0 Å². The van der Waals surface area contributed by atoms with Gasteiger partial charge in [0.05, 0.1) is 0 Å². The minimum atomic E-state index is -1.45. The second-order valence-electron chi connectivity index (χ2n) is 10.1. The molecule has 0 heterocycles. The van der Waals surface area contributed by atoms with Gasteiger partial charge in [-0.1, -0.05) is 117 Å². The van der Waals surface area contributed by atoms with E-state index in [9.17, 15) is 0 Å². The molecule has 0 aromatic rings. The molecule has 3 heteroatoms. The fourth-order valence-electron chi connectivity index (χ4n) is 4.22. The predicted molar refractivity (Wildman–Crippen MR) is 131 cm³/mol. The van der Waals surface area contributed by atoms with Crippen LogP contribution >= 0.6 is 0 Å². The number of unbranched alkanes of at least 4 members (excludes halogenated alkanes) is 14. The van der Waals surface area contributed by atoms with Gasteiger partial charge in [-0.3, -0.25) is 0 Å². The lowest BCUT2D eigenvalue weighted by molar-refractivity contribution is 0.517. The molecule has 0 spiro atoms. The molecular formula is C24H54OSi2. The summed E-state index contributed by atoms with van der Waals surface area (Å²) in [6.45, 7) is 14.5. The molecule has 0 N–H and O–H groups in total. The van der Waals surface area contributed by atoms with Gasteiger partial charge in [-0.15, -0.1) is 0 Å². The van der Waals surface area contributed by atoms with Crippen molar-refractivity contribution in [3.63, 3.8) is 0 Å². The van der Waals surface area contributed by atoms with Gasteiger partial charge in [0.15, 0.2) is 16.6 Å². The molecule has 0 radical (unpaired) electrons. The zero-order chi connectivity index (χ0) is 20.4. The van der Waals surface area contributed by atoms with Crippen LogP contribution in [-0.4, -0.2) is 16.6 Å². The summed E-state index contributed by atoms with van der Waals surface area (Å²) < 4.78 is 6.82. The lowest BCUT2D eigenvalue weighted by Crippen LogP contribution is -2.44. The third-order valence-electron chi connectivity index (χ3n) is 5.82. The predicted octanol–water partition coefficient (Wildman–Crippen LogP) is 9.69. The summed E-state index contributed by atoms with van der Waals surface area (Å²) in [4.78, 5) is 0. The van der Waals surface area contributed by atoms with E-state index < -0.39 is 16.6 Å². The van der Waals surface area contributed by atoms with Crippen LogP contribution in [0.1, 0.15) is 117 Å². The van der Waals surface area contributed by atoms with Crippen LogP contribution < -0.4 is 0 Å². The van der Waals surface area contributed by atoms with Crippen LogP contribution in [0.25, 0.3) is 0 Å². The van der Waals surface area contributed by atoms with Gasteiger partial charge in [0.1, 0.15) is 0 Å². The van der Waals surface area contributed by atoms with Crippen molar-refractivity contribution in [1.29, 1.82) is 0 Å². The Morgan fingerprint density at radius 2 is 0.667 bits per heavy atom. The minimum absolute atomic E-state index is 1.36. The molecule has 0 saturated carbocycles. The standard InChI is InChI=1S/C24H54OSi2/c1-7-9-11-13-15-17-19-21-23-26(3,4)25-27(5,6)24-22-20-18-16-14-12-10-8-2/h7-24H2,1-6H3. The first kappa shape index (κ1) is 27.4. The van der Waals surface area contributed by atoms with E-state index in [2.05, 4.69) is 40.0 Å². The molecule has 27 heavy (non-hydrogen) atoms. The van der Waals surface area contributed by atoms with E-state index in [-0.39, 0.29) is 0 Å². The van der Waals surface area contributed by atoms with Crippen LogP contribution in [-0.2, 0) is 4.12 Å². The molecule has 0 aromatic carbocycles. The molecule has 0 aliphatic rings. The zero-order valence-corrected chi connectivity index (χ0v) is 22.1. The van der Waals surface area contributed by atoms with Crippen molar-refractivity contribution in [1.82, 2.24) is 0 Å². The van der Waals surface area contributed by atoms with Gasteiger partial charge in [-0.05, 0) is 38.3 Å². The van der Waals surface area contributed by atoms with E-state index >= 15 is 0 Å². The van der Waals surface area contributed by atoms with Crippen molar-refractivity contribution in [2.45, 2.75) is 155 Å². The van der Waals surface area contributed by atoms with Gasteiger partial charge in [0, 0.05) is 0 Å². The van der Waals surface area contributed by atoms with E-state index in [0.717, 1.165) is 0 Å². The van der Waals surface area contributed by atoms with Gasteiger partial charge in [-0.25, -0.2) is 0 Å². The smallest absolute Gasteiger partial charge is 0.173 e. The SMILES string of the molecule is CCCCCCCCCC[Si](C)(C)O[Si](C)(C)CCCCCCCCCC. The molecular weight excluding hydrogens is 360 g/mol. The Hall–Kier alpha value is 0.394. The highest BCUT2D eigenvalue weighted by molar-refractivity contribution is 6.84. The first-order valence-electron chi connectivity index (χ1n) is 12.5. The Labute approximate surface area is 175 Å². The van der Waals surface area contributed by atoms with Crippen LogP contribution in [0.15, 0.2) is 0 Å². The van der Waals surface area contributed by atoms with Crippen LogP contribution in [0.3, 0.4) is 0 Å². The Kier molecular flexibility index (Phi) is 17.5. The average Bonchev–Trinajstić information content (AvgIpc) is 2.58. The molecule has 0 saturated heterocycles. The molecule has 1 nitrogen and oxygen atoms in total. The van der Waals surface area contributed by atoms with Gasteiger partial charge in [0.25, 0.3) is 0 Å². The molecule has 0 rings (SSSR count). The Morgan fingerprint density at radius 1 is 0.407 bits per heavy atom. The largest absolute Gasteiger partial charge is 0.455 e. The molecule has 0 aliphatic heterocycles. The highest BCUT2D eigenvalue weighted by Crippen LogP contribution is 2.26. The molecule has 0 fully saturated rings.